The number of aliphatic hydroxyl groups is 1. The zero-order valence-electron chi connectivity index (χ0n) is 10.9. The molecule has 0 aliphatic heterocycles. The van der Waals surface area contributed by atoms with E-state index in [1.54, 1.807) is 7.11 Å². The van der Waals surface area contributed by atoms with Crippen LogP contribution in [0, 0.1) is 18.8 Å². The van der Waals surface area contributed by atoms with Crippen LogP contribution in [0.4, 0.5) is 0 Å². The van der Waals surface area contributed by atoms with E-state index >= 15 is 0 Å². The van der Waals surface area contributed by atoms with Crippen LogP contribution in [-0.4, -0.2) is 12.2 Å². The van der Waals surface area contributed by atoms with Crippen LogP contribution in [0.3, 0.4) is 0 Å². The minimum absolute atomic E-state index is 0.380. The van der Waals surface area contributed by atoms with Crippen molar-refractivity contribution in [2.45, 2.75) is 39.2 Å². The second-order valence-electron chi connectivity index (χ2n) is 5.26. The number of rotatable bonds is 3. The van der Waals surface area contributed by atoms with Crippen LogP contribution in [0.2, 0.25) is 0 Å². The molecular formula is C15H22O2. The molecule has 0 amide bonds. The van der Waals surface area contributed by atoms with E-state index < -0.39 is 0 Å². The highest BCUT2D eigenvalue weighted by Crippen LogP contribution is 2.42. The molecule has 3 unspecified atom stereocenters. The van der Waals surface area contributed by atoms with Crippen molar-refractivity contribution in [3.05, 3.63) is 29.3 Å². The molecule has 2 nitrogen and oxygen atoms in total. The summed E-state index contributed by atoms with van der Waals surface area (Å²) in [6, 6.07) is 6.02. The number of aliphatic hydroxyl groups excluding tert-OH is 1. The van der Waals surface area contributed by atoms with E-state index in [0.717, 1.165) is 17.7 Å². The summed E-state index contributed by atoms with van der Waals surface area (Å²) in [7, 11) is 1.67. The SMILES string of the molecule is COc1ccc(C)cc1C(O)C1CCCC1C. The standard InChI is InChI=1S/C15H22O2/c1-10-7-8-14(17-3)13(9-10)15(16)12-6-4-5-11(12)2/h7-9,11-12,15-16H,4-6H2,1-3H3. The second-order valence-corrected chi connectivity index (χ2v) is 5.26. The van der Waals surface area contributed by atoms with Crippen LogP contribution in [0.1, 0.15) is 43.4 Å². The summed E-state index contributed by atoms with van der Waals surface area (Å²) in [6.07, 6.45) is 3.20. The predicted molar refractivity (Wildman–Crippen MR) is 69.2 cm³/mol. The average Bonchev–Trinajstić information content (AvgIpc) is 2.74. The van der Waals surface area contributed by atoms with Crippen molar-refractivity contribution < 1.29 is 9.84 Å². The van der Waals surface area contributed by atoms with E-state index in [1.807, 2.05) is 19.1 Å². The second kappa shape index (κ2) is 5.09. The van der Waals surface area contributed by atoms with Crippen molar-refractivity contribution >= 4 is 0 Å². The monoisotopic (exact) mass is 234 g/mol. The quantitative estimate of drug-likeness (QED) is 0.867. The molecule has 0 aromatic heterocycles. The Kier molecular flexibility index (Phi) is 3.72. The van der Waals surface area contributed by atoms with Crippen LogP contribution >= 0.6 is 0 Å². The molecular weight excluding hydrogens is 212 g/mol. The highest BCUT2D eigenvalue weighted by atomic mass is 16.5. The van der Waals surface area contributed by atoms with Gasteiger partial charge in [0.2, 0.25) is 0 Å². The lowest BCUT2D eigenvalue weighted by atomic mass is 9.87. The van der Waals surface area contributed by atoms with Gasteiger partial charge in [-0.1, -0.05) is 31.4 Å². The topological polar surface area (TPSA) is 29.5 Å². The number of methoxy groups -OCH3 is 1. The molecule has 0 radical (unpaired) electrons. The van der Waals surface area contributed by atoms with Crippen LogP contribution < -0.4 is 4.74 Å². The van der Waals surface area contributed by atoms with Gasteiger partial charge in [0.15, 0.2) is 0 Å². The van der Waals surface area contributed by atoms with Gasteiger partial charge in [-0.05, 0) is 37.3 Å². The highest BCUT2D eigenvalue weighted by Gasteiger charge is 2.32. The first-order valence-corrected chi connectivity index (χ1v) is 6.46. The Morgan fingerprint density at radius 1 is 1.35 bits per heavy atom. The van der Waals surface area contributed by atoms with Gasteiger partial charge >= 0.3 is 0 Å². The fourth-order valence-corrected chi connectivity index (χ4v) is 2.96. The predicted octanol–water partition coefficient (Wildman–Crippen LogP) is 3.47. The summed E-state index contributed by atoms with van der Waals surface area (Å²) in [4.78, 5) is 0. The molecule has 0 bridgehead atoms. The largest absolute Gasteiger partial charge is 0.496 e. The Labute approximate surface area is 104 Å². The maximum absolute atomic E-state index is 10.5. The summed E-state index contributed by atoms with van der Waals surface area (Å²) in [6.45, 7) is 4.29. The maximum Gasteiger partial charge on any atom is 0.124 e. The van der Waals surface area contributed by atoms with E-state index in [-0.39, 0.29) is 6.10 Å². The molecule has 0 heterocycles. The number of hydrogen-bond acceptors (Lipinski definition) is 2. The van der Waals surface area contributed by atoms with Crippen molar-refractivity contribution in [2.24, 2.45) is 11.8 Å². The molecule has 3 atom stereocenters. The Morgan fingerprint density at radius 3 is 2.71 bits per heavy atom. The van der Waals surface area contributed by atoms with Crippen molar-refractivity contribution in [3.63, 3.8) is 0 Å². The molecule has 2 heteroatoms. The smallest absolute Gasteiger partial charge is 0.124 e. The van der Waals surface area contributed by atoms with E-state index in [1.165, 1.54) is 18.4 Å². The van der Waals surface area contributed by atoms with E-state index in [9.17, 15) is 5.11 Å². The summed E-state index contributed by atoms with van der Waals surface area (Å²) in [5.74, 6) is 1.79. The minimum atomic E-state index is -0.387. The molecule has 2 rings (SSSR count). The minimum Gasteiger partial charge on any atom is -0.496 e. The van der Waals surface area contributed by atoms with E-state index in [0.29, 0.717) is 11.8 Å². The number of hydrogen-bond donors (Lipinski definition) is 1. The zero-order chi connectivity index (χ0) is 12.4. The molecule has 17 heavy (non-hydrogen) atoms. The van der Waals surface area contributed by atoms with E-state index in [4.69, 9.17) is 4.74 Å². The van der Waals surface area contributed by atoms with Crippen LogP contribution in [-0.2, 0) is 0 Å². The normalized spacial score (nSPS) is 25.9. The summed E-state index contributed by atoms with van der Waals surface area (Å²) in [5.41, 5.74) is 2.12. The number of benzene rings is 1. The lowest BCUT2D eigenvalue weighted by Crippen LogP contribution is -2.16. The van der Waals surface area contributed by atoms with Crippen molar-refractivity contribution in [3.8, 4) is 5.75 Å². The first-order valence-electron chi connectivity index (χ1n) is 6.46. The Balaban J connectivity index is 2.28. The van der Waals surface area contributed by atoms with E-state index in [2.05, 4.69) is 13.0 Å². The fourth-order valence-electron chi connectivity index (χ4n) is 2.96. The lowest BCUT2D eigenvalue weighted by molar-refractivity contribution is 0.0875. The van der Waals surface area contributed by atoms with Gasteiger partial charge in [0, 0.05) is 5.56 Å². The summed E-state index contributed by atoms with van der Waals surface area (Å²) >= 11 is 0. The van der Waals surface area contributed by atoms with Crippen molar-refractivity contribution in [1.29, 1.82) is 0 Å². The van der Waals surface area contributed by atoms with Gasteiger partial charge < -0.3 is 9.84 Å². The molecule has 0 spiro atoms. The van der Waals surface area contributed by atoms with Crippen LogP contribution in [0.25, 0.3) is 0 Å². The maximum atomic E-state index is 10.5. The fraction of sp³-hybridized carbons (Fsp3) is 0.600. The summed E-state index contributed by atoms with van der Waals surface area (Å²) in [5, 5.41) is 10.5. The first-order chi connectivity index (χ1) is 8.13. The van der Waals surface area contributed by atoms with Gasteiger partial charge in [-0.25, -0.2) is 0 Å². The average molecular weight is 234 g/mol. The van der Waals surface area contributed by atoms with Crippen molar-refractivity contribution in [1.82, 2.24) is 0 Å². The Bertz CT molecular complexity index is 387. The van der Waals surface area contributed by atoms with Crippen molar-refractivity contribution in [2.75, 3.05) is 7.11 Å². The zero-order valence-corrected chi connectivity index (χ0v) is 10.9. The van der Waals surface area contributed by atoms with Crippen LogP contribution in [0.5, 0.6) is 5.75 Å². The molecule has 1 aliphatic carbocycles. The molecule has 1 fully saturated rings. The van der Waals surface area contributed by atoms with Crippen LogP contribution in [0.15, 0.2) is 18.2 Å². The molecule has 1 aromatic rings. The molecule has 1 N–H and O–H groups in total. The third kappa shape index (κ3) is 2.47. The lowest BCUT2D eigenvalue weighted by Gasteiger charge is -2.24. The molecule has 0 saturated heterocycles. The van der Waals surface area contributed by atoms with Gasteiger partial charge in [0.05, 0.1) is 13.2 Å². The van der Waals surface area contributed by atoms with Gasteiger partial charge in [-0.3, -0.25) is 0 Å². The Morgan fingerprint density at radius 2 is 2.12 bits per heavy atom. The third-order valence-corrected chi connectivity index (χ3v) is 4.04. The molecule has 94 valence electrons. The summed E-state index contributed by atoms with van der Waals surface area (Å²) < 4.78 is 5.36. The third-order valence-electron chi connectivity index (χ3n) is 4.04. The van der Waals surface area contributed by atoms with Gasteiger partial charge in [0.1, 0.15) is 5.75 Å². The Hall–Kier alpha value is -1.02. The first kappa shape index (κ1) is 12.4. The van der Waals surface area contributed by atoms with Gasteiger partial charge in [-0.15, -0.1) is 0 Å². The molecule has 1 aliphatic rings. The highest BCUT2D eigenvalue weighted by molar-refractivity contribution is 5.38. The molecule has 1 saturated carbocycles. The van der Waals surface area contributed by atoms with Gasteiger partial charge in [-0.2, -0.15) is 0 Å². The number of aryl methyl sites for hydroxylation is 1. The number of ether oxygens (including phenoxy) is 1. The van der Waals surface area contributed by atoms with Gasteiger partial charge in [0.25, 0.3) is 0 Å². The molecule has 1 aromatic carbocycles.